The van der Waals surface area contributed by atoms with Crippen molar-refractivity contribution >= 4 is 5.97 Å². The molecule has 0 saturated carbocycles. The summed E-state index contributed by atoms with van der Waals surface area (Å²) < 4.78 is 0. The third-order valence-corrected chi connectivity index (χ3v) is 3.00. The van der Waals surface area contributed by atoms with Gasteiger partial charge in [-0.3, -0.25) is 4.79 Å². The molecule has 1 aliphatic rings. The lowest BCUT2D eigenvalue weighted by molar-refractivity contribution is -0.134. The Balaban J connectivity index is 0.000000399. The summed E-state index contributed by atoms with van der Waals surface area (Å²) in [4.78, 5) is 9.00. The number of aromatic hydroxyl groups is 1. The van der Waals surface area contributed by atoms with Gasteiger partial charge in [-0.25, -0.2) is 0 Å². The van der Waals surface area contributed by atoms with E-state index in [9.17, 15) is 10.2 Å². The minimum Gasteiger partial charge on any atom is -0.508 e. The minimum absolute atomic E-state index is 0.113. The van der Waals surface area contributed by atoms with Crippen molar-refractivity contribution in [2.24, 2.45) is 0 Å². The lowest BCUT2D eigenvalue weighted by Gasteiger charge is -2.19. The minimum atomic E-state index is -0.833. The number of benzene rings is 1. The van der Waals surface area contributed by atoms with E-state index in [1.807, 2.05) is 6.07 Å². The molecule has 0 unspecified atom stereocenters. The highest BCUT2D eigenvalue weighted by Crippen LogP contribution is 2.26. The van der Waals surface area contributed by atoms with Crippen LogP contribution < -0.4 is 5.32 Å². The van der Waals surface area contributed by atoms with E-state index in [1.165, 1.54) is 0 Å². The van der Waals surface area contributed by atoms with E-state index >= 15 is 0 Å². The SMILES string of the molecule is CC(=O)O.C[C@@H]1CC[C@H]([C@@H](O)c2cccc(O)c2)N1. The fraction of sp³-hybridized carbons (Fsp3) is 0.500. The summed E-state index contributed by atoms with van der Waals surface area (Å²) in [5.74, 6) is -0.627. The van der Waals surface area contributed by atoms with E-state index in [-0.39, 0.29) is 11.8 Å². The first-order chi connectivity index (χ1) is 8.90. The van der Waals surface area contributed by atoms with Gasteiger partial charge in [0.1, 0.15) is 5.75 Å². The molecular formula is C14H21NO4. The number of aliphatic hydroxyl groups excluding tert-OH is 1. The second-order valence-corrected chi connectivity index (χ2v) is 4.81. The van der Waals surface area contributed by atoms with Gasteiger partial charge in [0, 0.05) is 19.0 Å². The number of aliphatic hydroxyl groups is 1. The lowest BCUT2D eigenvalue weighted by atomic mass is 10.0. The fourth-order valence-corrected chi connectivity index (χ4v) is 2.15. The molecule has 0 aliphatic carbocycles. The quantitative estimate of drug-likeness (QED) is 0.654. The van der Waals surface area contributed by atoms with E-state index < -0.39 is 12.1 Å². The van der Waals surface area contributed by atoms with Crippen LogP contribution in [-0.4, -0.2) is 33.4 Å². The number of carboxylic acids is 1. The Labute approximate surface area is 112 Å². The molecule has 0 radical (unpaired) electrons. The zero-order valence-corrected chi connectivity index (χ0v) is 11.2. The maximum absolute atomic E-state index is 10.1. The molecule has 0 spiro atoms. The maximum Gasteiger partial charge on any atom is 0.300 e. The number of carboxylic acid groups (broad SMARTS) is 1. The largest absolute Gasteiger partial charge is 0.508 e. The number of phenolic OH excluding ortho intramolecular Hbond substituents is 1. The van der Waals surface area contributed by atoms with Crippen LogP contribution in [0.25, 0.3) is 0 Å². The van der Waals surface area contributed by atoms with Gasteiger partial charge in [0.05, 0.1) is 6.10 Å². The van der Waals surface area contributed by atoms with Crippen LogP contribution in [0.5, 0.6) is 5.75 Å². The number of aliphatic carboxylic acids is 1. The zero-order valence-electron chi connectivity index (χ0n) is 11.2. The Morgan fingerprint density at radius 2 is 2.05 bits per heavy atom. The van der Waals surface area contributed by atoms with Crippen molar-refractivity contribution in [3.8, 4) is 5.75 Å². The number of hydrogen-bond donors (Lipinski definition) is 4. The molecule has 0 bridgehead atoms. The third-order valence-electron chi connectivity index (χ3n) is 3.00. The molecule has 2 rings (SSSR count). The summed E-state index contributed by atoms with van der Waals surface area (Å²) in [7, 11) is 0. The second kappa shape index (κ2) is 7.11. The summed E-state index contributed by atoms with van der Waals surface area (Å²) in [6.07, 6.45) is 1.56. The summed E-state index contributed by atoms with van der Waals surface area (Å²) in [5, 5.41) is 30.2. The van der Waals surface area contributed by atoms with Crippen molar-refractivity contribution in [2.75, 3.05) is 0 Å². The van der Waals surface area contributed by atoms with Crippen molar-refractivity contribution < 1.29 is 20.1 Å². The Morgan fingerprint density at radius 3 is 2.53 bits per heavy atom. The molecule has 1 aromatic carbocycles. The molecule has 0 aromatic heterocycles. The van der Waals surface area contributed by atoms with E-state index in [0.717, 1.165) is 25.3 Å². The van der Waals surface area contributed by atoms with Crippen molar-refractivity contribution in [3.63, 3.8) is 0 Å². The molecule has 1 fully saturated rings. The molecule has 1 saturated heterocycles. The monoisotopic (exact) mass is 267 g/mol. The first-order valence-corrected chi connectivity index (χ1v) is 6.32. The number of nitrogens with one attached hydrogen (secondary N) is 1. The van der Waals surface area contributed by atoms with Gasteiger partial charge < -0.3 is 20.6 Å². The Morgan fingerprint density at radius 1 is 1.42 bits per heavy atom. The topological polar surface area (TPSA) is 89.8 Å². The van der Waals surface area contributed by atoms with Gasteiger partial charge in [-0.15, -0.1) is 0 Å². The maximum atomic E-state index is 10.1. The van der Waals surface area contributed by atoms with Gasteiger partial charge in [-0.05, 0) is 37.5 Å². The smallest absolute Gasteiger partial charge is 0.300 e. The van der Waals surface area contributed by atoms with Crippen LogP contribution in [-0.2, 0) is 4.79 Å². The zero-order chi connectivity index (χ0) is 14.4. The van der Waals surface area contributed by atoms with E-state index in [1.54, 1.807) is 18.2 Å². The van der Waals surface area contributed by atoms with Crippen molar-refractivity contribution in [1.82, 2.24) is 5.32 Å². The Bertz CT molecular complexity index is 418. The van der Waals surface area contributed by atoms with Gasteiger partial charge in [0.2, 0.25) is 0 Å². The second-order valence-electron chi connectivity index (χ2n) is 4.81. The third kappa shape index (κ3) is 5.28. The van der Waals surface area contributed by atoms with Crippen LogP contribution in [0.15, 0.2) is 24.3 Å². The standard InChI is InChI=1S/C12H17NO2.C2H4O2/c1-8-5-6-11(13-8)12(15)9-3-2-4-10(14)7-9;1-2(3)4/h2-4,7-8,11-15H,5-6H2,1H3;1H3,(H,3,4)/t8-,11-,12+;/m1./s1. The van der Waals surface area contributed by atoms with Gasteiger partial charge in [-0.2, -0.15) is 0 Å². The number of carbonyl (C=O) groups is 1. The highest BCUT2D eigenvalue weighted by atomic mass is 16.4. The first-order valence-electron chi connectivity index (χ1n) is 6.32. The molecule has 5 nitrogen and oxygen atoms in total. The van der Waals surface area contributed by atoms with E-state index in [0.29, 0.717) is 6.04 Å². The van der Waals surface area contributed by atoms with Gasteiger partial charge in [0.25, 0.3) is 5.97 Å². The number of phenols is 1. The lowest BCUT2D eigenvalue weighted by Crippen LogP contribution is -2.32. The summed E-state index contributed by atoms with van der Waals surface area (Å²) >= 11 is 0. The normalized spacial score (nSPS) is 23.3. The molecule has 3 atom stereocenters. The predicted octanol–water partition coefficient (Wildman–Crippen LogP) is 1.66. The van der Waals surface area contributed by atoms with Gasteiger partial charge in [0.15, 0.2) is 0 Å². The Kier molecular flexibility index (Phi) is 5.79. The summed E-state index contributed by atoms with van der Waals surface area (Å²) in [5.41, 5.74) is 0.779. The predicted molar refractivity (Wildman–Crippen MR) is 72.0 cm³/mol. The van der Waals surface area contributed by atoms with Crippen LogP contribution in [0.1, 0.15) is 38.4 Å². The first kappa shape index (κ1) is 15.5. The van der Waals surface area contributed by atoms with Crippen LogP contribution in [0.3, 0.4) is 0 Å². The average Bonchev–Trinajstić information content (AvgIpc) is 2.74. The highest BCUT2D eigenvalue weighted by molar-refractivity contribution is 5.62. The molecule has 1 aliphatic heterocycles. The van der Waals surface area contributed by atoms with Crippen molar-refractivity contribution in [3.05, 3.63) is 29.8 Å². The molecule has 4 N–H and O–H groups in total. The van der Waals surface area contributed by atoms with Crippen LogP contribution in [0.4, 0.5) is 0 Å². The fourth-order valence-electron chi connectivity index (χ4n) is 2.15. The summed E-state index contributed by atoms with van der Waals surface area (Å²) in [6, 6.07) is 7.42. The molecule has 106 valence electrons. The average molecular weight is 267 g/mol. The van der Waals surface area contributed by atoms with Crippen LogP contribution >= 0.6 is 0 Å². The van der Waals surface area contributed by atoms with E-state index in [2.05, 4.69) is 12.2 Å². The van der Waals surface area contributed by atoms with Crippen LogP contribution in [0.2, 0.25) is 0 Å². The van der Waals surface area contributed by atoms with Crippen molar-refractivity contribution in [2.45, 2.75) is 44.9 Å². The molecule has 1 heterocycles. The van der Waals surface area contributed by atoms with Gasteiger partial charge in [-0.1, -0.05) is 12.1 Å². The Hall–Kier alpha value is -1.59. The molecule has 19 heavy (non-hydrogen) atoms. The molecular weight excluding hydrogens is 246 g/mol. The van der Waals surface area contributed by atoms with Gasteiger partial charge >= 0.3 is 0 Å². The number of rotatable bonds is 2. The summed E-state index contributed by atoms with van der Waals surface area (Å²) in [6.45, 7) is 3.20. The molecule has 5 heteroatoms. The molecule has 1 aromatic rings. The van der Waals surface area contributed by atoms with Crippen molar-refractivity contribution in [1.29, 1.82) is 0 Å². The van der Waals surface area contributed by atoms with E-state index in [4.69, 9.17) is 9.90 Å². The number of hydrogen-bond acceptors (Lipinski definition) is 4. The van der Waals surface area contributed by atoms with Crippen LogP contribution in [0, 0.1) is 0 Å². The highest BCUT2D eigenvalue weighted by Gasteiger charge is 2.27. The molecule has 0 amide bonds.